The van der Waals surface area contributed by atoms with Crippen molar-refractivity contribution in [3.8, 4) is 0 Å². The Labute approximate surface area is 98.0 Å². The Kier molecular flexibility index (Phi) is 4.50. The number of carbonyl (C=O) groups is 1. The number of halogens is 2. The van der Waals surface area contributed by atoms with Gasteiger partial charge in [0.15, 0.2) is 0 Å². The number of nitrogens with one attached hydrogen (secondary N) is 1. The summed E-state index contributed by atoms with van der Waals surface area (Å²) in [6.45, 7) is 0.155. The fourth-order valence-corrected chi connectivity index (χ4v) is 1.57. The molecule has 1 aromatic heterocycles. The highest BCUT2D eigenvalue weighted by atomic mass is 79.9. The molecule has 76 valence electrons. The van der Waals surface area contributed by atoms with Crippen molar-refractivity contribution in [3.63, 3.8) is 0 Å². The summed E-state index contributed by atoms with van der Waals surface area (Å²) in [4.78, 5) is 15.4. The molecule has 4 nitrogen and oxygen atoms in total. The Balaban J connectivity index is 2.83. The first kappa shape index (κ1) is 11.6. The third-order valence-electron chi connectivity index (χ3n) is 1.45. The summed E-state index contributed by atoms with van der Waals surface area (Å²) in [5.41, 5.74) is 0.438. The maximum absolute atomic E-state index is 11.5. The van der Waals surface area contributed by atoms with Crippen LogP contribution < -0.4 is 5.32 Å². The van der Waals surface area contributed by atoms with Crippen molar-refractivity contribution in [2.75, 3.05) is 13.2 Å². The predicted octanol–water partition coefficient (Wildman–Crippen LogP) is 1.33. The van der Waals surface area contributed by atoms with E-state index in [1.54, 1.807) is 12.3 Å². The van der Waals surface area contributed by atoms with Crippen molar-refractivity contribution in [3.05, 3.63) is 26.9 Å². The minimum atomic E-state index is -0.264. The van der Waals surface area contributed by atoms with Gasteiger partial charge in [-0.05, 0) is 37.9 Å². The lowest BCUT2D eigenvalue weighted by molar-refractivity contribution is 0.0943. The van der Waals surface area contributed by atoms with E-state index in [1.807, 2.05) is 0 Å². The molecule has 0 fully saturated rings. The summed E-state index contributed by atoms with van der Waals surface area (Å²) in [6.07, 6.45) is 1.59. The van der Waals surface area contributed by atoms with E-state index >= 15 is 0 Å². The first-order valence-electron chi connectivity index (χ1n) is 3.85. The Bertz CT molecular complexity index is 344. The average molecular weight is 324 g/mol. The molecule has 0 aliphatic rings. The minimum absolute atomic E-state index is 0.0786. The Morgan fingerprint density at radius 1 is 1.57 bits per heavy atom. The second-order valence-electron chi connectivity index (χ2n) is 2.47. The monoisotopic (exact) mass is 322 g/mol. The van der Waals surface area contributed by atoms with E-state index in [4.69, 9.17) is 5.11 Å². The molecule has 1 amide bonds. The van der Waals surface area contributed by atoms with E-state index < -0.39 is 0 Å². The quantitative estimate of drug-likeness (QED) is 0.825. The van der Waals surface area contributed by atoms with Crippen LogP contribution in [0.4, 0.5) is 0 Å². The Morgan fingerprint density at radius 3 is 2.93 bits per heavy atom. The number of amides is 1. The first-order valence-corrected chi connectivity index (χ1v) is 5.44. The van der Waals surface area contributed by atoms with Crippen LogP contribution in [0.15, 0.2) is 21.3 Å². The van der Waals surface area contributed by atoms with Crippen LogP contribution in [0, 0.1) is 0 Å². The number of carbonyl (C=O) groups excluding carboxylic acids is 1. The van der Waals surface area contributed by atoms with E-state index in [0.29, 0.717) is 10.2 Å². The second-order valence-corrected chi connectivity index (χ2v) is 4.14. The minimum Gasteiger partial charge on any atom is -0.395 e. The van der Waals surface area contributed by atoms with Crippen LogP contribution in [0.3, 0.4) is 0 Å². The Morgan fingerprint density at radius 2 is 2.29 bits per heavy atom. The molecule has 1 rings (SSSR count). The SMILES string of the molecule is O=C(NCCO)c1cc(Br)cnc1Br. The van der Waals surface area contributed by atoms with Crippen LogP contribution >= 0.6 is 31.9 Å². The summed E-state index contributed by atoms with van der Waals surface area (Å²) in [5.74, 6) is -0.264. The smallest absolute Gasteiger partial charge is 0.254 e. The molecule has 0 bridgehead atoms. The summed E-state index contributed by atoms with van der Waals surface area (Å²) in [6, 6.07) is 1.66. The van der Waals surface area contributed by atoms with Gasteiger partial charge in [0.1, 0.15) is 4.60 Å². The van der Waals surface area contributed by atoms with Crippen molar-refractivity contribution >= 4 is 37.8 Å². The van der Waals surface area contributed by atoms with Gasteiger partial charge in [-0.2, -0.15) is 0 Å². The fraction of sp³-hybridized carbons (Fsp3) is 0.250. The van der Waals surface area contributed by atoms with Crippen LogP contribution in [0.5, 0.6) is 0 Å². The fourth-order valence-electron chi connectivity index (χ4n) is 0.846. The second kappa shape index (κ2) is 5.43. The van der Waals surface area contributed by atoms with E-state index in [1.165, 1.54) is 0 Å². The molecular weight excluding hydrogens is 316 g/mol. The van der Waals surface area contributed by atoms with Gasteiger partial charge in [0, 0.05) is 17.2 Å². The van der Waals surface area contributed by atoms with E-state index in [0.717, 1.165) is 4.47 Å². The summed E-state index contributed by atoms with van der Waals surface area (Å²) < 4.78 is 1.21. The molecule has 0 aliphatic carbocycles. The van der Waals surface area contributed by atoms with Crippen molar-refractivity contribution in [2.24, 2.45) is 0 Å². The molecule has 1 aromatic rings. The van der Waals surface area contributed by atoms with Crippen molar-refractivity contribution < 1.29 is 9.90 Å². The number of nitrogens with zero attached hydrogens (tertiary/aromatic N) is 1. The number of aromatic nitrogens is 1. The van der Waals surface area contributed by atoms with Gasteiger partial charge in [0.2, 0.25) is 0 Å². The molecule has 0 atom stereocenters. The van der Waals surface area contributed by atoms with Gasteiger partial charge in [-0.3, -0.25) is 4.79 Å². The van der Waals surface area contributed by atoms with Crippen molar-refractivity contribution in [1.82, 2.24) is 10.3 Å². The molecule has 0 saturated heterocycles. The van der Waals surface area contributed by atoms with Crippen LogP contribution in [0.2, 0.25) is 0 Å². The molecule has 0 aromatic carbocycles. The summed E-state index contributed by atoms with van der Waals surface area (Å²) in [5, 5.41) is 11.1. The van der Waals surface area contributed by atoms with Crippen molar-refractivity contribution in [1.29, 1.82) is 0 Å². The molecule has 0 aliphatic heterocycles. The molecule has 1 heterocycles. The maximum Gasteiger partial charge on any atom is 0.254 e. The lowest BCUT2D eigenvalue weighted by Crippen LogP contribution is -2.26. The number of pyridine rings is 1. The van der Waals surface area contributed by atoms with Gasteiger partial charge in [0.05, 0.1) is 12.2 Å². The van der Waals surface area contributed by atoms with Crippen molar-refractivity contribution in [2.45, 2.75) is 0 Å². The van der Waals surface area contributed by atoms with Crippen LogP contribution in [0.25, 0.3) is 0 Å². The third-order valence-corrected chi connectivity index (χ3v) is 2.51. The molecule has 0 saturated carbocycles. The number of aliphatic hydroxyl groups excluding tert-OH is 1. The zero-order valence-corrected chi connectivity index (χ0v) is 10.3. The lowest BCUT2D eigenvalue weighted by Gasteiger charge is -2.04. The zero-order chi connectivity index (χ0) is 10.6. The molecule has 14 heavy (non-hydrogen) atoms. The van der Waals surface area contributed by atoms with Gasteiger partial charge in [-0.1, -0.05) is 0 Å². The van der Waals surface area contributed by atoms with Gasteiger partial charge in [-0.25, -0.2) is 4.98 Å². The Hall–Kier alpha value is -0.460. The number of aliphatic hydroxyl groups is 1. The zero-order valence-electron chi connectivity index (χ0n) is 7.13. The maximum atomic E-state index is 11.5. The predicted molar refractivity (Wildman–Crippen MR) is 59.1 cm³/mol. The molecule has 2 N–H and O–H groups in total. The first-order chi connectivity index (χ1) is 6.65. The third kappa shape index (κ3) is 3.04. The highest BCUT2D eigenvalue weighted by molar-refractivity contribution is 9.11. The molecule has 0 unspecified atom stereocenters. The van der Waals surface area contributed by atoms with Crippen LogP contribution in [-0.4, -0.2) is 29.1 Å². The molecule has 0 radical (unpaired) electrons. The summed E-state index contributed by atoms with van der Waals surface area (Å²) >= 11 is 6.39. The number of rotatable bonds is 3. The highest BCUT2D eigenvalue weighted by Crippen LogP contribution is 2.18. The normalized spacial score (nSPS) is 9.93. The molecule has 0 spiro atoms. The largest absolute Gasteiger partial charge is 0.395 e. The molecular formula is C8H8Br2N2O2. The topological polar surface area (TPSA) is 62.2 Å². The molecule has 6 heteroatoms. The number of hydrogen-bond acceptors (Lipinski definition) is 3. The highest BCUT2D eigenvalue weighted by Gasteiger charge is 2.10. The standard InChI is InChI=1S/C8H8Br2N2O2/c9-5-3-6(7(10)12-4-5)8(14)11-1-2-13/h3-4,13H,1-2H2,(H,11,14). The van der Waals surface area contributed by atoms with Gasteiger partial charge in [-0.15, -0.1) is 0 Å². The number of hydrogen-bond donors (Lipinski definition) is 2. The van der Waals surface area contributed by atoms with Gasteiger partial charge in [0.25, 0.3) is 5.91 Å². The lowest BCUT2D eigenvalue weighted by atomic mass is 10.3. The van der Waals surface area contributed by atoms with E-state index in [9.17, 15) is 4.79 Å². The van der Waals surface area contributed by atoms with E-state index in [-0.39, 0.29) is 19.1 Å². The van der Waals surface area contributed by atoms with Gasteiger partial charge >= 0.3 is 0 Å². The van der Waals surface area contributed by atoms with E-state index in [2.05, 4.69) is 42.2 Å². The van der Waals surface area contributed by atoms with Gasteiger partial charge < -0.3 is 10.4 Å². The summed E-state index contributed by atoms with van der Waals surface area (Å²) in [7, 11) is 0. The van der Waals surface area contributed by atoms with Crippen LogP contribution in [-0.2, 0) is 0 Å². The average Bonchev–Trinajstić information content (AvgIpc) is 2.18. The van der Waals surface area contributed by atoms with Crippen LogP contribution in [0.1, 0.15) is 10.4 Å².